The van der Waals surface area contributed by atoms with E-state index in [1.165, 1.54) is 30.5 Å². The predicted octanol–water partition coefficient (Wildman–Crippen LogP) is 3.91. The number of aryl methyl sites for hydroxylation is 1. The molecule has 8 heteroatoms. The van der Waals surface area contributed by atoms with E-state index in [4.69, 9.17) is 4.42 Å². The van der Waals surface area contributed by atoms with Gasteiger partial charge in [0.15, 0.2) is 0 Å². The lowest BCUT2D eigenvalue weighted by Crippen LogP contribution is -2.30. The fraction of sp³-hybridized carbons (Fsp3) is 0.0476. The number of non-ortho nitro benzene ring substituents is 1. The number of hydrogen-bond donors (Lipinski definition) is 2. The van der Waals surface area contributed by atoms with Crippen molar-refractivity contribution in [1.82, 2.24) is 5.32 Å². The van der Waals surface area contributed by atoms with Crippen molar-refractivity contribution in [2.75, 3.05) is 5.32 Å². The predicted molar refractivity (Wildman–Crippen MR) is 107 cm³/mol. The van der Waals surface area contributed by atoms with E-state index in [0.29, 0.717) is 16.9 Å². The van der Waals surface area contributed by atoms with E-state index in [1.807, 2.05) is 0 Å². The summed E-state index contributed by atoms with van der Waals surface area (Å²) < 4.78 is 5.23. The van der Waals surface area contributed by atoms with Gasteiger partial charge in [0, 0.05) is 23.8 Å². The van der Waals surface area contributed by atoms with Gasteiger partial charge in [-0.3, -0.25) is 19.7 Å². The number of nitrogens with zero attached hydrogens (tertiary/aromatic N) is 1. The molecule has 2 aromatic carbocycles. The minimum Gasteiger partial charge on any atom is -0.465 e. The fourth-order valence-corrected chi connectivity index (χ4v) is 2.51. The molecule has 1 aromatic heterocycles. The number of nitro benzene ring substituents is 1. The number of nitrogens with one attached hydrogen (secondary N) is 2. The molecule has 0 aliphatic carbocycles. The first-order valence-electron chi connectivity index (χ1n) is 8.62. The van der Waals surface area contributed by atoms with Gasteiger partial charge in [0.25, 0.3) is 17.5 Å². The summed E-state index contributed by atoms with van der Waals surface area (Å²) in [6, 6.07) is 15.8. The second kappa shape index (κ2) is 8.66. The standard InChI is InChI=1S/C21H17N3O5/c1-14-9-10-16(24(27)28)12-18(14)22-21(26)19(13-17-8-5-11-29-17)23-20(25)15-6-3-2-4-7-15/h2-13H,1H3,(H,22,26)(H,23,25)/b19-13-. The van der Waals surface area contributed by atoms with Gasteiger partial charge in [-0.15, -0.1) is 0 Å². The van der Waals surface area contributed by atoms with E-state index in [-0.39, 0.29) is 17.1 Å². The Morgan fingerprint density at radius 1 is 1.07 bits per heavy atom. The third-order valence-electron chi connectivity index (χ3n) is 4.04. The molecule has 3 aromatic rings. The van der Waals surface area contributed by atoms with Crippen LogP contribution in [0, 0.1) is 17.0 Å². The average Bonchev–Trinajstić information content (AvgIpc) is 3.22. The number of carbonyl (C=O) groups is 2. The van der Waals surface area contributed by atoms with Gasteiger partial charge in [0.05, 0.1) is 16.9 Å². The molecule has 0 bridgehead atoms. The molecule has 0 saturated heterocycles. The van der Waals surface area contributed by atoms with Crippen molar-refractivity contribution in [2.24, 2.45) is 0 Å². The Morgan fingerprint density at radius 3 is 2.48 bits per heavy atom. The Labute approximate surface area is 166 Å². The average molecular weight is 391 g/mol. The Hall–Kier alpha value is -4.20. The molecule has 8 nitrogen and oxygen atoms in total. The summed E-state index contributed by atoms with van der Waals surface area (Å²) in [6.07, 6.45) is 2.81. The minimum atomic E-state index is -0.644. The maximum absolute atomic E-state index is 12.8. The highest BCUT2D eigenvalue weighted by molar-refractivity contribution is 6.10. The maximum Gasteiger partial charge on any atom is 0.272 e. The van der Waals surface area contributed by atoms with Crippen molar-refractivity contribution in [3.63, 3.8) is 0 Å². The molecule has 0 radical (unpaired) electrons. The van der Waals surface area contributed by atoms with Crippen molar-refractivity contribution < 1.29 is 18.9 Å². The van der Waals surface area contributed by atoms with Gasteiger partial charge in [-0.25, -0.2) is 0 Å². The highest BCUT2D eigenvalue weighted by Crippen LogP contribution is 2.22. The zero-order valence-electron chi connectivity index (χ0n) is 15.4. The van der Waals surface area contributed by atoms with Crippen molar-refractivity contribution in [2.45, 2.75) is 6.92 Å². The number of nitro groups is 1. The zero-order chi connectivity index (χ0) is 20.8. The van der Waals surface area contributed by atoms with E-state index >= 15 is 0 Å². The Kier molecular flexibility index (Phi) is 5.84. The van der Waals surface area contributed by atoms with Crippen LogP contribution in [0.2, 0.25) is 0 Å². The van der Waals surface area contributed by atoms with Gasteiger partial charge in [0.1, 0.15) is 11.5 Å². The third-order valence-corrected chi connectivity index (χ3v) is 4.04. The monoisotopic (exact) mass is 391 g/mol. The molecule has 0 aliphatic rings. The molecule has 0 atom stereocenters. The van der Waals surface area contributed by atoms with Crippen molar-refractivity contribution >= 4 is 29.3 Å². The van der Waals surface area contributed by atoms with Crippen LogP contribution in [0.4, 0.5) is 11.4 Å². The van der Waals surface area contributed by atoms with Crippen LogP contribution in [0.5, 0.6) is 0 Å². The minimum absolute atomic E-state index is 0.0697. The third kappa shape index (κ3) is 4.95. The fourth-order valence-electron chi connectivity index (χ4n) is 2.51. The number of amides is 2. The number of anilines is 1. The van der Waals surface area contributed by atoms with E-state index in [0.717, 1.165) is 0 Å². The van der Waals surface area contributed by atoms with Crippen LogP contribution in [0.25, 0.3) is 6.08 Å². The Bertz CT molecular complexity index is 1070. The van der Waals surface area contributed by atoms with E-state index in [2.05, 4.69) is 10.6 Å². The van der Waals surface area contributed by atoms with Gasteiger partial charge < -0.3 is 15.1 Å². The largest absolute Gasteiger partial charge is 0.465 e. The normalized spacial score (nSPS) is 11.0. The second-order valence-corrected chi connectivity index (χ2v) is 6.10. The summed E-state index contributed by atoms with van der Waals surface area (Å²) in [5.41, 5.74) is 1.05. The summed E-state index contributed by atoms with van der Waals surface area (Å²) in [5, 5.41) is 16.2. The Morgan fingerprint density at radius 2 is 1.83 bits per heavy atom. The lowest BCUT2D eigenvalue weighted by Gasteiger charge is -2.12. The summed E-state index contributed by atoms with van der Waals surface area (Å²) in [6.45, 7) is 1.71. The quantitative estimate of drug-likeness (QED) is 0.376. The van der Waals surface area contributed by atoms with Crippen LogP contribution in [0.1, 0.15) is 21.7 Å². The molecular formula is C21H17N3O5. The van der Waals surface area contributed by atoms with Crippen molar-refractivity contribution in [3.8, 4) is 0 Å². The first kappa shape index (κ1) is 19.6. The molecule has 0 aliphatic heterocycles. The van der Waals surface area contributed by atoms with Crippen LogP contribution < -0.4 is 10.6 Å². The van der Waals surface area contributed by atoms with E-state index in [1.54, 1.807) is 49.4 Å². The summed E-state index contributed by atoms with van der Waals surface area (Å²) >= 11 is 0. The molecule has 29 heavy (non-hydrogen) atoms. The molecule has 1 heterocycles. The van der Waals surface area contributed by atoms with Gasteiger partial charge in [-0.1, -0.05) is 24.3 Å². The number of hydrogen-bond acceptors (Lipinski definition) is 5. The molecule has 0 unspecified atom stereocenters. The van der Waals surface area contributed by atoms with Gasteiger partial charge in [-0.2, -0.15) is 0 Å². The van der Waals surface area contributed by atoms with Crippen LogP contribution in [-0.4, -0.2) is 16.7 Å². The van der Waals surface area contributed by atoms with E-state index < -0.39 is 16.7 Å². The topological polar surface area (TPSA) is 114 Å². The Balaban J connectivity index is 1.88. The summed E-state index contributed by atoms with van der Waals surface area (Å²) in [5.74, 6) is -0.761. The van der Waals surface area contributed by atoms with Crippen molar-refractivity contribution in [1.29, 1.82) is 0 Å². The van der Waals surface area contributed by atoms with E-state index in [9.17, 15) is 19.7 Å². The highest BCUT2D eigenvalue weighted by Gasteiger charge is 2.17. The number of rotatable bonds is 6. The SMILES string of the molecule is Cc1ccc([N+](=O)[O-])cc1NC(=O)/C(=C/c1ccco1)NC(=O)c1ccccc1. The molecular weight excluding hydrogens is 374 g/mol. The number of benzene rings is 2. The molecule has 3 rings (SSSR count). The van der Waals surface area contributed by atoms with Gasteiger partial charge in [0.2, 0.25) is 0 Å². The molecule has 0 saturated carbocycles. The lowest BCUT2D eigenvalue weighted by atomic mass is 10.1. The van der Waals surface area contributed by atoms with Crippen LogP contribution in [0.3, 0.4) is 0 Å². The van der Waals surface area contributed by atoms with Crippen molar-refractivity contribution in [3.05, 3.63) is 99.6 Å². The van der Waals surface area contributed by atoms with Crippen LogP contribution in [0.15, 0.2) is 77.0 Å². The molecule has 0 fully saturated rings. The second-order valence-electron chi connectivity index (χ2n) is 6.10. The van der Waals surface area contributed by atoms with Gasteiger partial charge >= 0.3 is 0 Å². The first-order valence-corrected chi connectivity index (χ1v) is 8.62. The lowest BCUT2D eigenvalue weighted by molar-refractivity contribution is -0.384. The molecule has 2 amide bonds. The van der Waals surface area contributed by atoms with Gasteiger partial charge in [-0.05, 0) is 36.8 Å². The van der Waals surface area contributed by atoms with Crippen LogP contribution in [-0.2, 0) is 4.79 Å². The van der Waals surface area contributed by atoms with Crippen LogP contribution >= 0.6 is 0 Å². The number of furan rings is 1. The molecule has 146 valence electrons. The molecule has 2 N–H and O–H groups in total. The maximum atomic E-state index is 12.8. The zero-order valence-corrected chi connectivity index (χ0v) is 15.4. The number of carbonyl (C=O) groups excluding carboxylic acids is 2. The molecule has 0 spiro atoms. The highest BCUT2D eigenvalue weighted by atomic mass is 16.6. The summed E-state index contributed by atoms with van der Waals surface area (Å²) in [7, 11) is 0. The smallest absolute Gasteiger partial charge is 0.272 e. The first-order chi connectivity index (χ1) is 13.9. The summed E-state index contributed by atoms with van der Waals surface area (Å²) in [4.78, 5) is 35.8.